The highest BCUT2D eigenvalue weighted by Gasteiger charge is 2.50. The Morgan fingerprint density at radius 3 is 2.45 bits per heavy atom. The van der Waals surface area contributed by atoms with Gasteiger partial charge in [-0.05, 0) is 24.7 Å². The van der Waals surface area contributed by atoms with Crippen molar-refractivity contribution >= 4 is 29.6 Å². The van der Waals surface area contributed by atoms with Crippen LogP contribution in [0.4, 0.5) is 0 Å². The molecule has 0 saturated heterocycles. The van der Waals surface area contributed by atoms with Crippen molar-refractivity contribution in [3.63, 3.8) is 0 Å². The van der Waals surface area contributed by atoms with E-state index >= 15 is 0 Å². The molecule has 1 radical (unpaired) electrons. The second-order valence-corrected chi connectivity index (χ2v) is 8.19. The summed E-state index contributed by atoms with van der Waals surface area (Å²) in [4.78, 5) is 0. The van der Waals surface area contributed by atoms with E-state index in [1.807, 2.05) is 0 Å². The van der Waals surface area contributed by atoms with Crippen LogP contribution in [0.2, 0.25) is 5.04 Å². The van der Waals surface area contributed by atoms with Crippen LogP contribution in [0.25, 0.3) is 0 Å². The van der Waals surface area contributed by atoms with Gasteiger partial charge < -0.3 is 0 Å². The van der Waals surface area contributed by atoms with Gasteiger partial charge in [-0.25, -0.2) is 0 Å². The first-order valence-corrected chi connectivity index (χ1v) is 7.54. The van der Waals surface area contributed by atoms with E-state index in [1.165, 1.54) is 12.8 Å². The molecule has 3 unspecified atom stereocenters. The van der Waals surface area contributed by atoms with Gasteiger partial charge in [0.05, 0.1) is 0 Å². The van der Waals surface area contributed by atoms with Crippen LogP contribution in [0.5, 0.6) is 0 Å². The van der Waals surface area contributed by atoms with Crippen LogP contribution >= 0.6 is 22.2 Å². The first kappa shape index (κ1) is 8.15. The number of allylic oxidation sites excluding steroid dienone is 2. The number of hydrogen-bond donors (Lipinski definition) is 0. The molecule has 0 amide bonds. The van der Waals surface area contributed by atoms with Crippen LogP contribution in [0, 0.1) is 11.8 Å². The maximum atomic E-state index is 6.05. The fraction of sp³-hybridized carbons (Fsp3) is 0.750. The topological polar surface area (TPSA) is 0 Å². The van der Waals surface area contributed by atoms with E-state index in [2.05, 4.69) is 19.1 Å². The third-order valence-corrected chi connectivity index (χ3v) is 6.64. The summed E-state index contributed by atoms with van der Waals surface area (Å²) in [5.74, 6) is 1.57. The molecule has 0 heterocycles. The molecular weight excluding hydrogens is 195 g/mol. The first-order valence-electron chi connectivity index (χ1n) is 4.02. The van der Waals surface area contributed by atoms with E-state index < -0.39 is 7.42 Å². The molecule has 1 saturated carbocycles. The van der Waals surface area contributed by atoms with Crippen molar-refractivity contribution in [1.29, 1.82) is 0 Å². The van der Waals surface area contributed by atoms with E-state index in [1.54, 1.807) is 0 Å². The average Bonchev–Trinajstić information content (AvgIpc) is 2.44. The van der Waals surface area contributed by atoms with E-state index in [-0.39, 0.29) is 5.04 Å². The van der Waals surface area contributed by atoms with Crippen LogP contribution in [0.1, 0.15) is 19.8 Å². The molecule has 2 aliphatic carbocycles. The zero-order chi connectivity index (χ0) is 8.06. The molecule has 0 spiro atoms. The van der Waals surface area contributed by atoms with Crippen LogP contribution in [0.15, 0.2) is 12.2 Å². The Hall–Kier alpha value is 0.537. The molecule has 3 atom stereocenters. The SMILES string of the molecule is CC1CC2([Si](Cl)Cl)C=CC1C2. The highest BCUT2D eigenvalue weighted by Crippen LogP contribution is 2.60. The van der Waals surface area contributed by atoms with Crippen molar-refractivity contribution in [1.82, 2.24) is 0 Å². The number of halogens is 2. The summed E-state index contributed by atoms with van der Waals surface area (Å²) in [6.45, 7) is 2.30. The molecule has 2 bridgehead atoms. The Morgan fingerprint density at radius 1 is 1.45 bits per heavy atom. The lowest BCUT2D eigenvalue weighted by Gasteiger charge is -2.23. The summed E-state index contributed by atoms with van der Waals surface area (Å²) in [6, 6.07) is 0. The fourth-order valence-corrected chi connectivity index (χ4v) is 4.74. The highest BCUT2D eigenvalue weighted by molar-refractivity contribution is 7.35. The number of fused-ring (bicyclic) bond motifs is 2. The van der Waals surface area contributed by atoms with Crippen LogP contribution < -0.4 is 0 Å². The van der Waals surface area contributed by atoms with Crippen molar-refractivity contribution in [3.05, 3.63) is 12.2 Å². The lowest BCUT2D eigenvalue weighted by molar-refractivity contribution is 0.495. The molecule has 2 aliphatic rings. The standard InChI is InChI=1S/C8H11Cl2Si/c1-6-4-8(11(9)10)3-2-7(6)5-8/h2-3,6-7H,4-5H2,1H3. The molecule has 3 heteroatoms. The minimum Gasteiger partial charge on any atom is -0.146 e. The molecule has 0 aromatic rings. The van der Waals surface area contributed by atoms with Crippen molar-refractivity contribution in [2.24, 2.45) is 11.8 Å². The van der Waals surface area contributed by atoms with Crippen LogP contribution in [0.3, 0.4) is 0 Å². The van der Waals surface area contributed by atoms with Crippen molar-refractivity contribution in [2.45, 2.75) is 24.8 Å². The lowest BCUT2D eigenvalue weighted by Crippen LogP contribution is -2.17. The Kier molecular flexibility index (Phi) is 1.86. The molecule has 2 rings (SSSR count). The maximum Gasteiger partial charge on any atom is 0.284 e. The minimum atomic E-state index is -1.16. The summed E-state index contributed by atoms with van der Waals surface area (Å²) >= 11 is 12.1. The third-order valence-electron chi connectivity index (χ3n) is 3.06. The van der Waals surface area contributed by atoms with Gasteiger partial charge in [0.25, 0.3) is 7.42 Å². The van der Waals surface area contributed by atoms with Gasteiger partial charge in [-0.2, -0.15) is 0 Å². The quantitative estimate of drug-likeness (QED) is 0.351. The van der Waals surface area contributed by atoms with Crippen molar-refractivity contribution in [3.8, 4) is 0 Å². The molecule has 1 fully saturated rings. The Balaban J connectivity index is 2.25. The summed E-state index contributed by atoms with van der Waals surface area (Å²) in [5, 5.41) is 0.234. The Labute approximate surface area is 78.6 Å². The summed E-state index contributed by atoms with van der Waals surface area (Å²) in [7, 11) is -1.16. The maximum absolute atomic E-state index is 6.05. The van der Waals surface area contributed by atoms with Crippen LogP contribution in [-0.4, -0.2) is 7.42 Å². The van der Waals surface area contributed by atoms with Crippen molar-refractivity contribution < 1.29 is 0 Å². The fourth-order valence-electron chi connectivity index (χ4n) is 2.35. The summed E-state index contributed by atoms with van der Waals surface area (Å²) < 4.78 is 0. The third kappa shape index (κ3) is 1.09. The minimum absolute atomic E-state index is 0.234. The van der Waals surface area contributed by atoms with Gasteiger partial charge in [-0.15, -0.1) is 22.2 Å². The zero-order valence-corrected chi connectivity index (χ0v) is 8.99. The average molecular weight is 206 g/mol. The van der Waals surface area contributed by atoms with Crippen LogP contribution in [-0.2, 0) is 0 Å². The van der Waals surface area contributed by atoms with Gasteiger partial charge in [0.1, 0.15) is 0 Å². The van der Waals surface area contributed by atoms with Crippen molar-refractivity contribution in [2.75, 3.05) is 0 Å². The molecule has 0 aliphatic heterocycles. The molecule has 0 N–H and O–H groups in total. The predicted octanol–water partition coefficient (Wildman–Crippen LogP) is 3.31. The Bertz CT molecular complexity index is 202. The molecule has 0 aromatic heterocycles. The largest absolute Gasteiger partial charge is 0.284 e. The van der Waals surface area contributed by atoms with Gasteiger partial charge in [-0.3, -0.25) is 0 Å². The lowest BCUT2D eigenvalue weighted by atomic mass is 9.96. The Morgan fingerprint density at radius 2 is 2.18 bits per heavy atom. The highest BCUT2D eigenvalue weighted by atomic mass is 35.7. The van der Waals surface area contributed by atoms with Gasteiger partial charge in [0.2, 0.25) is 0 Å². The van der Waals surface area contributed by atoms with E-state index in [0.29, 0.717) is 0 Å². The smallest absolute Gasteiger partial charge is 0.146 e. The van der Waals surface area contributed by atoms with E-state index in [4.69, 9.17) is 22.2 Å². The van der Waals surface area contributed by atoms with Gasteiger partial charge in [0.15, 0.2) is 0 Å². The first-order chi connectivity index (χ1) is 5.14. The summed E-state index contributed by atoms with van der Waals surface area (Å²) in [6.07, 6.45) is 7.01. The van der Waals surface area contributed by atoms with E-state index in [0.717, 1.165) is 11.8 Å². The molecule has 61 valence electrons. The van der Waals surface area contributed by atoms with Gasteiger partial charge in [-0.1, -0.05) is 19.1 Å². The van der Waals surface area contributed by atoms with Gasteiger partial charge in [0, 0.05) is 5.04 Å². The predicted molar refractivity (Wildman–Crippen MR) is 51.2 cm³/mol. The molecule has 0 aromatic carbocycles. The monoisotopic (exact) mass is 205 g/mol. The van der Waals surface area contributed by atoms with E-state index in [9.17, 15) is 0 Å². The summed E-state index contributed by atoms with van der Waals surface area (Å²) in [5.41, 5.74) is 0. The molecule has 11 heavy (non-hydrogen) atoms. The second-order valence-electron chi connectivity index (χ2n) is 3.83. The normalized spacial score (nSPS) is 47.6. The molecule has 0 nitrogen and oxygen atoms in total. The second kappa shape index (κ2) is 2.51. The van der Waals surface area contributed by atoms with Gasteiger partial charge >= 0.3 is 0 Å². The zero-order valence-electron chi connectivity index (χ0n) is 6.48. The number of hydrogen-bond acceptors (Lipinski definition) is 0. The molecular formula is C8H11Cl2Si. The number of rotatable bonds is 1.